The van der Waals surface area contributed by atoms with Gasteiger partial charge in [0.25, 0.3) is 0 Å². The van der Waals surface area contributed by atoms with E-state index in [2.05, 4.69) is 28.9 Å². The third kappa shape index (κ3) is 6.42. The number of aromatic carboxylic acids is 1. The molecule has 39 heavy (non-hydrogen) atoms. The van der Waals surface area contributed by atoms with E-state index in [0.29, 0.717) is 19.0 Å². The van der Waals surface area contributed by atoms with E-state index in [1.807, 2.05) is 19.2 Å². The molecule has 2 aliphatic rings. The molecule has 0 amide bonds. The standard InChI is InChI=1S/C32H42N2O5/c1-3-37-24-13-15-34-21-27-25-12-14-33-31(25)22(2)18-29(27)38-16-8-6-4-5-7-9-17-39-30-19-23(32(35)36)10-11-26(30)28(34)20-24/h10-12,14,18-19,24,28,33H,3-9,13,15-17,20-21H2,1-2H3,(H,35,36)/t24-,28-/m0/s1. The fraction of sp³-hybridized carbons (Fsp3) is 0.531. The van der Waals surface area contributed by atoms with Crippen LogP contribution in [0.1, 0.15) is 91.4 Å². The van der Waals surface area contributed by atoms with Gasteiger partial charge in [0.1, 0.15) is 11.5 Å². The Bertz CT molecular complexity index is 1270. The summed E-state index contributed by atoms with van der Waals surface area (Å²) in [6, 6.07) is 9.74. The van der Waals surface area contributed by atoms with Gasteiger partial charge in [-0.1, -0.05) is 31.7 Å². The highest BCUT2D eigenvalue weighted by Crippen LogP contribution is 2.41. The van der Waals surface area contributed by atoms with Crippen LogP contribution in [0.5, 0.6) is 11.5 Å². The van der Waals surface area contributed by atoms with Crippen molar-refractivity contribution in [1.82, 2.24) is 9.88 Å². The maximum absolute atomic E-state index is 11.8. The van der Waals surface area contributed by atoms with Crippen molar-refractivity contribution in [2.75, 3.05) is 26.4 Å². The van der Waals surface area contributed by atoms with Crippen LogP contribution in [0, 0.1) is 6.92 Å². The predicted molar refractivity (Wildman–Crippen MR) is 153 cm³/mol. The van der Waals surface area contributed by atoms with E-state index in [-0.39, 0.29) is 17.7 Å². The number of piperidine rings is 1. The topological polar surface area (TPSA) is 84.0 Å². The number of nitrogens with one attached hydrogen (secondary N) is 1. The first-order valence-electron chi connectivity index (χ1n) is 14.6. The number of aromatic nitrogens is 1. The number of fused-ring (bicyclic) bond motifs is 6. The number of carboxylic acid groups (broad SMARTS) is 1. The van der Waals surface area contributed by atoms with Crippen LogP contribution < -0.4 is 9.47 Å². The predicted octanol–water partition coefficient (Wildman–Crippen LogP) is 7.03. The van der Waals surface area contributed by atoms with Gasteiger partial charge < -0.3 is 24.3 Å². The van der Waals surface area contributed by atoms with Crippen LogP contribution in [0.4, 0.5) is 0 Å². The molecule has 0 saturated carbocycles. The summed E-state index contributed by atoms with van der Waals surface area (Å²) >= 11 is 0. The van der Waals surface area contributed by atoms with Crippen molar-refractivity contribution >= 4 is 16.9 Å². The van der Waals surface area contributed by atoms with Crippen LogP contribution in [0.25, 0.3) is 10.9 Å². The number of rotatable bonds is 3. The molecule has 1 aromatic heterocycles. The number of carboxylic acids is 1. The van der Waals surface area contributed by atoms with Gasteiger partial charge in [0.05, 0.1) is 24.9 Å². The van der Waals surface area contributed by atoms with Crippen LogP contribution in [0.3, 0.4) is 0 Å². The van der Waals surface area contributed by atoms with E-state index in [9.17, 15) is 9.90 Å². The Balaban J connectivity index is 1.57. The molecule has 2 aromatic carbocycles. The normalized spacial score (nSPS) is 21.6. The highest BCUT2D eigenvalue weighted by atomic mass is 16.5. The Morgan fingerprint density at radius 3 is 2.54 bits per heavy atom. The van der Waals surface area contributed by atoms with Gasteiger partial charge in [-0.15, -0.1) is 0 Å². The van der Waals surface area contributed by atoms with Crippen LogP contribution in [0.15, 0.2) is 36.5 Å². The van der Waals surface area contributed by atoms with E-state index >= 15 is 0 Å². The molecular formula is C32H42N2O5. The zero-order valence-electron chi connectivity index (χ0n) is 23.3. The van der Waals surface area contributed by atoms with Gasteiger partial charge in [0, 0.05) is 54.0 Å². The number of nitrogens with zero attached hydrogens (tertiary/aromatic N) is 1. The minimum absolute atomic E-state index is 0.0342. The van der Waals surface area contributed by atoms with Gasteiger partial charge in [-0.2, -0.15) is 0 Å². The number of aryl methyl sites for hydroxylation is 1. The molecule has 3 aromatic rings. The molecule has 2 atom stereocenters. The molecular weight excluding hydrogens is 492 g/mol. The molecule has 0 spiro atoms. The van der Waals surface area contributed by atoms with Gasteiger partial charge in [0.2, 0.25) is 0 Å². The Morgan fingerprint density at radius 1 is 1.05 bits per heavy atom. The highest BCUT2D eigenvalue weighted by Gasteiger charge is 2.33. The summed E-state index contributed by atoms with van der Waals surface area (Å²) in [7, 11) is 0. The summed E-state index contributed by atoms with van der Waals surface area (Å²) in [6.07, 6.45) is 10.5. The molecule has 7 nitrogen and oxygen atoms in total. The van der Waals surface area contributed by atoms with E-state index in [1.165, 1.54) is 22.9 Å². The number of benzene rings is 2. The van der Waals surface area contributed by atoms with Crippen molar-refractivity contribution in [2.45, 2.75) is 83.9 Å². The Kier molecular flexibility index (Phi) is 9.09. The number of aromatic amines is 1. The zero-order valence-corrected chi connectivity index (χ0v) is 23.3. The molecule has 5 rings (SSSR count). The van der Waals surface area contributed by atoms with Crippen LogP contribution >= 0.6 is 0 Å². The summed E-state index contributed by atoms with van der Waals surface area (Å²) in [6.45, 7) is 7.77. The van der Waals surface area contributed by atoms with E-state index in [4.69, 9.17) is 14.2 Å². The summed E-state index contributed by atoms with van der Waals surface area (Å²) < 4.78 is 18.9. The average molecular weight is 535 g/mol. The zero-order chi connectivity index (χ0) is 27.2. The molecule has 0 aliphatic carbocycles. The first kappa shape index (κ1) is 27.5. The van der Waals surface area contributed by atoms with Crippen molar-refractivity contribution in [3.63, 3.8) is 0 Å². The fourth-order valence-electron chi connectivity index (χ4n) is 6.16. The molecule has 2 aliphatic heterocycles. The van der Waals surface area contributed by atoms with Crippen molar-refractivity contribution in [1.29, 1.82) is 0 Å². The molecule has 0 radical (unpaired) electrons. The second-order valence-corrected chi connectivity index (χ2v) is 10.9. The van der Waals surface area contributed by atoms with Crippen LogP contribution in [-0.2, 0) is 11.3 Å². The summed E-state index contributed by atoms with van der Waals surface area (Å²) in [5.74, 6) is 0.708. The monoisotopic (exact) mass is 534 g/mol. The number of ether oxygens (including phenoxy) is 3. The number of hydrogen-bond donors (Lipinski definition) is 2. The van der Waals surface area contributed by atoms with Gasteiger partial charge in [0.15, 0.2) is 0 Å². The summed E-state index contributed by atoms with van der Waals surface area (Å²) in [5, 5.41) is 10.9. The van der Waals surface area contributed by atoms with Crippen molar-refractivity contribution in [2.24, 2.45) is 0 Å². The van der Waals surface area contributed by atoms with Crippen molar-refractivity contribution in [3.8, 4) is 11.5 Å². The van der Waals surface area contributed by atoms with E-state index in [1.54, 1.807) is 12.1 Å². The molecule has 1 fully saturated rings. The van der Waals surface area contributed by atoms with Crippen LogP contribution in [0.2, 0.25) is 0 Å². The Hall–Kier alpha value is -3.03. The van der Waals surface area contributed by atoms with Gasteiger partial charge in [-0.25, -0.2) is 4.79 Å². The lowest BCUT2D eigenvalue weighted by molar-refractivity contribution is -0.0144. The van der Waals surface area contributed by atoms with Gasteiger partial charge >= 0.3 is 5.97 Å². The second-order valence-electron chi connectivity index (χ2n) is 10.9. The first-order chi connectivity index (χ1) is 19.0. The number of H-pyrrole nitrogens is 1. The molecule has 210 valence electrons. The molecule has 3 heterocycles. The van der Waals surface area contributed by atoms with Crippen molar-refractivity contribution < 1.29 is 24.1 Å². The quantitative estimate of drug-likeness (QED) is 0.375. The number of carbonyl (C=O) groups is 1. The first-order valence-corrected chi connectivity index (χ1v) is 14.6. The summed E-state index contributed by atoms with van der Waals surface area (Å²) in [4.78, 5) is 17.8. The molecule has 2 N–H and O–H groups in total. The van der Waals surface area contributed by atoms with Gasteiger partial charge in [-0.3, -0.25) is 4.90 Å². The minimum atomic E-state index is -0.936. The summed E-state index contributed by atoms with van der Waals surface area (Å²) in [5.41, 5.74) is 4.83. The fourth-order valence-corrected chi connectivity index (χ4v) is 6.16. The van der Waals surface area contributed by atoms with E-state index in [0.717, 1.165) is 81.5 Å². The minimum Gasteiger partial charge on any atom is -0.493 e. The van der Waals surface area contributed by atoms with E-state index < -0.39 is 5.97 Å². The molecule has 1 saturated heterocycles. The second kappa shape index (κ2) is 12.9. The lowest BCUT2D eigenvalue weighted by Crippen LogP contribution is -2.39. The molecule has 7 heteroatoms. The SMILES string of the molecule is CCO[C@H]1CCN2Cc3c(cc(C)c4[nH]ccc34)OCCCCCCCCOc3cc(C(=O)O)ccc3[C@@H]2C1. The third-order valence-electron chi connectivity index (χ3n) is 8.21. The average Bonchev–Trinajstić information content (AvgIpc) is 3.43. The maximum atomic E-state index is 11.8. The van der Waals surface area contributed by atoms with Crippen molar-refractivity contribution in [3.05, 3.63) is 58.8 Å². The third-order valence-corrected chi connectivity index (χ3v) is 8.21. The van der Waals surface area contributed by atoms with Gasteiger partial charge in [-0.05, 0) is 69.4 Å². The molecule has 0 unspecified atom stereocenters. The Morgan fingerprint density at radius 2 is 1.79 bits per heavy atom. The smallest absolute Gasteiger partial charge is 0.335 e. The maximum Gasteiger partial charge on any atom is 0.335 e. The largest absolute Gasteiger partial charge is 0.493 e. The number of hydrogen-bond acceptors (Lipinski definition) is 5. The molecule has 0 bridgehead atoms. The lowest BCUT2D eigenvalue weighted by atomic mass is 9.91. The van der Waals surface area contributed by atoms with Crippen LogP contribution in [-0.4, -0.2) is 53.4 Å². The Labute approximate surface area is 231 Å². The lowest BCUT2D eigenvalue weighted by Gasteiger charge is -2.40. The highest BCUT2D eigenvalue weighted by molar-refractivity contribution is 5.89.